The molecule has 5 nitrogen and oxygen atoms in total. The molecule has 4 aromatic rings. The van der Waals surface area contributed by atoms with E-state index in [9.17, 15) is 0 Å². The van der Waals surface area contributed by atoms with Crippen LogP contribution in [0.2, 0.25) is 0 Å². The van der Waals surface area contributed by atoms with E-state index in [1.165, 1.54) is 32.1 Å². The predicted octanol–water partition coefficient (Wildman–Crippen LogP) is 7.52. The van der Waals surface area contributed by atoms with E-state index in [2.05, 4.69) is 34.2 Å². The third kappa shape index (κ3) is 7.64. The van der Waals surface area contributed by atoms with Crippen molar-refractivity contribution in [2.45, 2.75) is 52.1 Å². The molecule has 2 heterocycles. The highest BCUT2D eigenvalue weighted by Crippen LogP contribution is 2.23. The van der Waals surface area contributed by atoms with Crippen molar-refractivity contribution in [3.8, 4) is 34.1 Å². The van der Waals surface area contributed by atoms with Crippen LogP contribution in [0.3, 0.4) is 0 Å². The molecular weight excluding hydrogens is 434 g/mol. The van der Waals surface area contributed by atoms with Gasteiger partial charge in [-0.1, -0.05) is 69.4 Å². The number of hydrogen-bond donors (Lipinski definition) is 0. The van der Waals surface area contributed by atoms with Crippen molar-refractivity contribution in [3.63, 3.8) is 0 Å². The van der Waals surface area contributed by atoms with Crippen LogP contribution in [0.4, 0.5) is 0 Å². The van der Waals surface area contributed by atoms with E-state index in [4.69, 9.17) is 9.47 Å². The third-order valence-electron chi connectivity index (χ3n) is 5.84. The van der Waals surface area contributed by atoms with Crippen LogP contribution < -0.4 is 9.47 Å². The molecule has 0 saturated heterocycles. The molecule has 0 radical (unpaired) electrons. The average Bonchev–Trinajstić information content (AvgIpc) is 2.93. The number of hydrogen-bond acceptors (Lipinski definition) is 5. The summed E-state index contributed by atoms with van der Waals surface area (Å²) in [5.41, 5.74) is 4.65. The van der Waals surface area contributed by atoms with Crippen molar-refractivity contribution < 1.29 is 9.47 Å². The van der Waals surface area contributed by atoms with Gasteiger partial charge in [-0.3, -0.25) is 0 Å². The highest BCUT2D eigenvalue weighted by atomic mass is 16.5. The quantitative estimate of drug-likeness (QED) is 0.190. The summed E-state index contributed by atoms with van der Waals surface area (Å²) in [6.45, 7) is 3.50. The Morgan fingerprint density at radius 2 is 1.31 bits per heavy atom. The van der Waals surface area contributed by atoms with Gasteiger partial charge in [-0.15, -0.1) is 10.2 Å². The fourth-order valence-electron chi connectivity index (χ4n) is 3.78. The number of pyridine rings is 1. The monoisotopic (exact) mass is 467 g/mol. The van der Waals surface area contributed by atoms with E-state index >= 15 is 0 Å². The molecule has 0 atom stereocenters. The maximum atomic E-state index is 5.87. The Morgan fingerprint density at radius 3 is 2.00 bits per heavy atom. The van der Waals surface area contributed by atoms with E-state index in [1.807, 2.05) is 66.7 Å². The lowest BCUT2D eigenvalue weighted by Crippen LogP contribution is -1.99. The molecule has 180 valence electrons. The first-order chi connectivity index (χ1) is 17.3. The molecule has 0 spiro atoms. The molecular formula is C30H33N3O2. The van der Waals surface area contributed by atoms with Gasteiger partial charge in [-0.25, -0.2) is 4.98 Å². The number of aromatic nitrogens is 3. The second kappa shape index (κ2) is 13.2. The lowest BCUT2D eigenvalue weighted by Gasteiger charge is -2.08. The van der Waals surface area contributed by atoms with Crippen LogP contribution in [0.15, 0.2) is 85.1 Å². The average molecular weight is 468 g/mol. The minimum atomic E-state index is 0.547. The summed E-state index contributed by atoms with van der Waals surface area (Å²) in [6, 6.07) is 25.9. The smallest absolute Gasteiger partial charge is 0.213 e. The number of rotatable bonds is 13. The summed E-state index contributed by atoms with van der Waals surface area (Å²) in [5.74, 6) is 1.48. The maximum absolute atomic E-state index is 5.87. The normalized spacial score (nSPS) is 10.8. The largest absolute Gasteiger partial charge is 0.489 e. The molecule has 0 saturated carbocycles. The zero-order chi connectivity index (χ0) is 24.1. The fraction of sp³-hybridized carbons (Fsp3) is 0.300. The molecule has 0 fully saturated rings. The topological polar surface area (TPSA) is 57.1 Å². The summed E-state index contributed by atoms with van der Waals surface area (Å²) in [6.07, 6.45) is 9.27. The van der Waals surface area contributed by atoms with Gasteiger partial charge in [0.15, 0.2) is 0 Å². The van der Waals surface area contributed by atoms with Crippen molar-refractivity contribution in [2.24, 2.45) is 0 Å². The standard InChI is InChI=1S/C30H33N3O2/c1-2-3-4-5-6-10-21-34-30-20-15-26(22-31-30)29-19-18-28(32-33-29)25-13-16-27(17-14-25)35-23-24-11-8-7-9-12-24/h7-9,11-20,22H,2-6,10,21,23H2,1H3. The van der Waals surface area contributed by atoms with Crippen LogP contribution in [0.25, 0.3) is 22.5 Å². The third-order valence-corrected chi connectivity index (χ3v) is 5.84. The van der Waals surface area contributed by atoms with E-state index in [-0.39, 0.29) is 0 Å². The number of unbranched alkanes of at least 4 members (excludes halogenated alkanes) is 5. The minimum absolute atomic E-state index is 0.547. The molecule has 5 heteroatoms. The van der Waals surface area contributed by atoms with Crippen LogP contribution in [-0.4, -0.2) is 21.8 Å². The van der Waals surface area contributed by atoms with Crippen LogP contribution in [0.1, 0.15) is 51.0 Å². The van der Waals surface area contributed by atoms with Gasteiger partial charge < -0.3 is 9.47 Å². The van der Waals surface area contributed by atoms with Crippen molar-refractivity contribution in [1.82, 2.24) is 15.2 Å². The molecule has 35 heavy (non-hydrogen) atoms. The van der Waals surface area contributed by atoms with Gasteiger partial charge in [0.1, 0.15) is 12.4 Å². The van der Waals surface area contributed by atoms with Gasteiger partial charge >= 0.3 is 0 Å². The Balaban J connectivity index is 1.26. The van der Waals surface area contributed by atoms with Crippen molar-refractivity contribution in [1.29, 1.82) is 0 Å². The molecule has 0 unspecified atom stereocenters. The lowest BCUT2D eigenvalue weighted by molar-refractivity contribution is 0.293. The van der Waals surface area contributed by atoms with Gasteiger partial charge in [-0.2, -0.15) is 0 Å². The zero-order valence-corrected chi connectivity index (χ0v) is 20.4. The molecule has 0 N–H and O–H groups in total. The van der Waals surface area contributed by atoms with Gasteiger partial charge in [-0.05, 0) is 54.4 Å². The van der Waals surface area contributed by atoms with Gasteiger partial charge in [0.2, 0.25) is 5.88 Å². The predicted molar refractivity (Wildman–Crippen MR) is 140 cm³/mol. The Bertz CT molecular complexity index is 1130. The van der Waals surface area contributed by atoms with E-state index in [0.29, 0.717) is 19.1 Å². The van der Waals surface area contributed by atoms with Crippen molar-refractivity contribution in [3.05, 3.63) is 90.6 Å². The van der Waals surface area contributed by atoms with Crippen LogP contribution in [-0.2, 0) is 6.61 Å². The molecule has 0 amide bonds. The first-order valence-corrected chi connectivity index (χ1v) is 12.5. The zero-order valence-electron chi connectivity index (χ0n) is 20.4. The van der Waals surface area contributed by atoms with Crippen molar-refractivity contribution >= 4 is 0 Å². The summed E-state index contributed by atoms with van der Waals surface area (Å²) in [5, 5.41) is 8.81. The van der Waals surface area contributed by atoms with E-state index in [0.717, 1.165) is 40.2 Å². The van der Waals surface area contributed by atoms with Crippen LogP contribution >= 0.6 is 0 Å². The van der Waals surface area contributed by atoms with Gasteiger partial charge in [0, 0.05) is 23.4 Å². The molecule has 0 bridgehead atoms. The molecule has 4 rings (SSSR count). The highest BCUT2D eigenvalue weighted by Gasteiger charge is 2.06. The summed E-state index contributed by atoms with van der Waals surface area (Å²) in [4.78, 5) is 4.43. The number of benzene rings is 2. The SMILES string of the molecule is CCCCCCCCOc1ccc(-c2ccc(-c3ccc(OCc4ccccc4)cc3)nn2)cn1. The van der Waals surface area contributed by atoms with E-state index in [1.54, 1.807) is 6.20 Å². The van der Waals surface area contributed by atoms with Gasteiger partial charge in [0.05, 0.1) is 18.0 Å². The van der Waals surface area contributed by atoms with Crippen LogP contribution in [0.5, 0.6) is 11.6 Å². The highest BCUT2D eigenvalue weighted by molar-refractivity contribution is 5.63. The molecule has 0 aliphatic heterocycles. The Kier molecular flexibility index (Phi) is 9.22. The second-order valence-electron chi connectivity index (χ2n) is 8.60. The summed E-state index contributed by atoms with van der Waals surface area (Å²) >= 11 is 0. The van der Waals surface area contributed by atoms with Crippen LogP contribution in [0, 0.1) is 0 Å². The summed E-state index contributed by atoms with van der Waals surface area (Å²) in [7, 11) is 0. The number of nitrogens with zero attached hydrogens (tertiary/aromatic N) is 3. The fourth-order valence-corrected chi connectivity index (χ4v) is 3.78. The van der Waals surface area contributed by atoms with Gasteiger partial charge in [0.25, 0.3) is 0 Å². The minimum Gasteiger partial charge on any atom is -0.489 e. The van der Waals surface area contributed by atoms with E-state index < -0.39 is 0 Å². The second-order valence-corrected chi connectivity index (χ2v) is 8.60. The molecule has 0 aliphatic carbocycles. The molecule has 0 aliphatic rings. The Labute approximate surface area is 208 Å². The molecule has 2 aromatic carbocycles. The first kappa shape index (κ1) is 24.4. The maximum Gasteiger partial charge on any atom is 0.213 e. The molecule has 2 aromatic heterocycles. The summed E-state index contributed by atoms with van der Waals surface area (Å²) < 4.78 is 11.6. The number of ether oxygens (including phenoxy) is 2. The van der Waals surface area contributed by atoms with Crippen molar-refractivity contribution in [2.75, 3.05) is 6.61 Å². The first-order valence-electron chi connectivity index (χ1n) is 12.5. The Hall–Kier alpha value is -3.73. The lowest BCUT2D eigenvalue weighted by atomic mass is 10.1. The Morgan fingerprint density at radius 1 is 0.629 bits per heavy atom.